The molecule has 0 radical (unpaired) electrons. The predicted molar refractivity (Wildman–Crippen MR) is 145 cm³/mol. The molecule has 2 N–H and O–H groups in total. The van der Waals surface area contributed by atoms with Crippen molar-refractivity contribution < 1.29 is 13.9 Å². The Hall–Kier alpha value is -2.04. The molecule has 0 saturated carbocycles. The van der Waals surface area contributed by atoms with Crippen molar-refractivity contribution in [1.82, 2.24) is 5.32 Å². The van der Waals surface area contributed by atoms with E-state index in [0.29, 0.717) is 17.3 Å². The van der Waals surface area contributed by atoms with Gasteiger partial charge in [0.1, 0.15) is 18.2 Å². The van der Waals surface area contributed by atoms with Crippen LogP contribution < -0.4 is 15.4 Å². The number of amides is 1. The number of hydrogen-bond acceptors (Lipinski definition) is 4. The molecule has 8 heteroatoms. The zero-order valence-electron chi connectivity index (χ0n) is 17.7. The molecule has 1 amide bonds. The van der Waals surface area contributed by atoms with Gasteiger partial charge in [-0.3, -0.25) is 4.79 Å². The number of carbonyl (C=O) groups excluding carboxylic acids is 1. The number of thioether (sulfide) groups is 1. The monoisotopic (exact) mass is 638 g/mol. The van der Waals surface area contributed by atoms with Gasteiger partial charge in [0, 0.05) is 5.69 Å². The standard InChI is InChI=1S/C25H21BrFIN2O2S/c1-2-15-5-9-19(10-6-15)29-25-30-24(31)22(33-25)13-17-11-20(26)23(21(28)12-17)32-14-16-3-7-18(27)8-4-16/h3-13,25,29H,2,14H2,1H3,(H,30,31)/b22-13-/t25-/m1/s1. The van der Waals surface area contributed by atoms with Crippen LogP contribution in [0, 0.1) is 9.39 Å². The maximum absolute atomic E-state index is 13.1. The van der Waals surface area contributed by atoms with Gasteiger partial charge in [0.05, 0.1) is 12.9 Å². The normalized spacial score (nSPS) is 16.7. The Bertz CT molecular complexity index is 1160. The van der Waals surface area contributed by atoms with Crippen LogP contribution in [0.3, 0.4) is 0 Å². The lowest BCUT2D eigenvalue weighted by Gasteiger charge is -2.13. The number of rotatable bonds is 7. The zero-order chi connectivity index (χ0) is 23.4. The van der Waals surface area contributed by atoms with Gasteiger partial charge in [-0.05, 0) is 104 Å². The highest BCUT2D eigenvalue weighted by atomic mass is 127. The summed E-state index contributed by atoms with van der Waals surface area (Å²) in [7, 11) is 0. The summed E-state index contributed by atoms with van der Waals surface area (Å²) in [5.41, 5.74) is 3.79. The molecule has 4 nitrogen and oxygen atoms in total. The predicted octanol–water partition coefficient (Wildman–Crippen LogP) is 6.93. The molecule has 0 aliphatic carbocycles. The van der Waals surface area contributed by atoms with Gasteiger partial charge in [0.2, 0.25) is 0 Å². The molecule has 3 aromatic rings. The van der Waals surface area contributed by atoms with Crippen LogP contribution >= 0.6 is 50.3 Å². The van der Waals surface area contributed by atoms with Crippen molar-refractivity contribution >= 4 is 68.0 Å². The van der Waals surface area contributed by atoms with Gasteiger partial charge in [-0.2, -0.15) is 0 Å². The minimum atomic E-state index is -0.271. The lowest BCUT2D eigenvalue weighted by molar-refractivity contribution is -0.116. The van der Waals surface area contributed by atoms with Crippen molar-refractivity contribution in [1.29, 1.82) is 0 Å². The average Bonchev–Trinajstić information content (AvgIpc) is 3.13. The highest BCUT2D eigenvalue weighted by Crippen LogP contribution is 2.35. The highest BCUT2D eigenvalue weighted by molar-refractivity contribution is 14.1. The molecule has 1 aliphatic heterocycles. The molecule has 170 valence electrons. The summed E-state index contributed by atoms with van der Waals surface area (Å²) >= 11 is 7.24. The zero-order valence-corrected chi connectivity index (χ0v) is 22.3. The maximum Gasteiger partial charge on any atom is 0.260 e. The van der Waals surface area contributed by atoms with Gasteiger partial charge in [-0.15, -0.1) is 0 Å². The third-order valence-corrected chi connectivity index (χ3v) is 7.42. The Kier molecular flexibility index (Phi) is 7.98. The molecule has 3 aromatic carbocycles. The second-order valence-electron chi connectivity index (χ2n) is 7.40. The molecular formula is C25H21BrFIN2O2S. The van der Waals surface area contributed by atoms with Crippen LogP contribution in [0.5, 0.6) is 5.75 Å². The molecule has 0 spiro atoms. The minimum absolute atomic E-state index is 0.106. The third-order valence-electron chi connectivity index (χ3n) is 5.01. The number of carbonyl (C=O) groups is 1. The minimum Gasteiger partial charge on any atom is -0.487 e. The fourth-order valence-electron chi connectivity index (χ4n) is 3.24. The first-order chi connectivity index (χ1) is 15.9. The molecule has 1 heterocycles. The van der Waals surface area contributed by atoms with Crippen molar-refractivity contribution in [2.75, 3.05) is 5.32 Å². The van der Waals surface area contributed by atoms with E-state index in [1.807, 2.05) is 30.3 Å². The largest absolute Gasteiger partial charge is 0.487 e. The smallest absolute Gasteiger partial charge is 0.260 e. The maximum atomic E-state index is 13.1. The Labute approximate surface area is 218 Å². The van der Waals surface area contributed by atoms with Crippen molar-refractivity contribution in [2.24, 2.45) is 0 Å². The van der Waals surface area contributed by atoms with Crippen LogP contribution in [0.25, 0.3) is 6.08 Å². The molecule has 0 aromatic heterocycles. The lowest BCUT2D eigenvalue weighted by Crippen LogP contribution is -2.30. The Morgan fingerprint density at radius 1 is 1.15 bits per heavy atom. The van der Waals surface area contributed by atoms with E-state index in [4.69, 9.17) is 4.74 Å². The van der Waals surface area contributed by atoms with Gasteiger partial charge in [-0.25, -0.2) is 4.39 Å². The topological polar surface area (TPSA) is 50.4 Å². The number of aryl methyl sites for hydroxylation is 1. The molecule has 4 rings (SSSR count). The van der Waals surface area contributed by atoms with E-state index >= 15 is 0 Å². The van der Waals surface area contributed by atoms with E-state index in [9.17, 15) is 9.18 Å². The van der Waals surface area contributed by atoms with Gasteiger partial charge >= 0.3 is 0 Å². The Balaban J connectivity index is 1.43. The van der Waals surface area contributed by atoms with Gasteiger partial charge in [-0.1, -0.05) is 43.0 Å². The molecule has 1 aliphatic rings. The molecule has 0 unspecified atom stereocenters. The summed E-state index contributed by atoms with van der Waals surface area (Å²) in [5.74, 6) is 0.332. The summed E-state index contributed by atoms with van der Waals surface area (Å²) in [6, 6.07) is 18.3. The number of ether oxygens (including phenoxy) is 1. The van der Waals surface area contributed by atoms with Crippen LogP contribution in [0.2, 0.25) is 0 Å². The summed E-state index contributed by atoms with van der Waals surface area (Å²) in [6.45, 7) is 2.45. The van der Waals surface area contributed by atoms with Crippen molar-refractivity contribution in [3.05, 3.63) is 96.1 Å². The Morgan fingerprint density at radius 3 is 2.52 bits per heavy atom. The van der Waals surface area contributed by atoms with Crippen LogP contribution in [0.15, 0.2) is 70.0 Å². The van der Waals surface area contributed by atoms with Crippen molar-refractivity contribution in [3.8, 4) is 5.75 Å². The van der Waals surface area contributed by atoms with E-state index in [-0.39, 0.29) is 17.2 Å². The summed E-state index contributed by atoms with van der Waals surface area (Å²) < 4.78 is 20.7. The summed E-state index contributed by atoms with van der Waals surface area (Å²) in [4.78, 5) is 13.1. The summed E-state index contributed by atoms with van der Waals surface area (Å²) in [5, 5.41) is 6.31. The van der Waals surface area contributed by atoms with Crippen LogP contribution in [-0.4, -0.2) is 11.4 Å². The van der Waals surface area contributed by atoms with Gasteiger partial charge in [0.15, 0.2) is 5.50 Å². The molecule has 1 saturated heterocycles. The van der Waals surface area contributed by atoms with E-state index in [0.717, 1.165) is 31.3 Å². The number of benzene rings is 3. The molecule has 0 bridgehead atoms. The lowest BCUT2D eigenvalue weighted by atomic mass is 10.1. The number of anilines is 1. The van der Waals surface area contributed by atoms with E-state index < -0.39 is 0 Å². The third kappa shape index (κ3) is 6.30. The molecular weight excluding hydrogens is 618 g/mol. The van der Waals surface area contributed by atoms with Gasteiger partial charge in [0.25, 0.3) is 5.91 Å². The number of hydrogen-bond donors (Lipinski definition) is 2. The van der Waals surface area contributed by atoms with Crippen molar-refractivity contribution in [2.45, 2.75) is 25.4 Å². The SMILES string of the molecule is CCc1ccc(N[C@@H]2NC(=O)/C(=C/c3cc(Br)c(OCc4ccc(F)cc4)c(I)c3)S2)cc1. The first-order valence-electron chi connectivity index (χ1n) is 10.3. The van der Waals surface area contributed by atoms with E-state index in [1.165, 1.54) is 29.5 Å². The average molecular weight is 639 g/mol. The first-order valence-corrected chi connectivity index (χ1v) is 13.1. The highest BCUT2D eigenvalue weighted by Gasteiger charge is 2.27. The van der Waals surface area contributed by atoms with Crippen LogP contribution in [0.4, 0.5) is 10.1 Å². The number of halogens is 3. The Morgan fingerprint density at radius 2 is 1.85 bits per heavy atom. The second kappa shape index (κ2) is 10.9. The van der Waals surface area contributed by atoms with Gasteiger partial charge < -0.3 is 15.4 Å². The quantitative estimate of drug-likeness (QED) is 0.218. The first kappa shape index (κ1) is 24.1. The fourth-order valence-corrected chi connectivity index (χ4v) is 6.00. The molecule has 1 atom stereocenters. The van der Waals surface area contributed by atoms with E-state index in [2.05, 4.69) is 68.2 Å². The van der Waals surface area contributed by atoms with E-state index in [1.54, 1.807) is 12.1 Å². The van der Waals surface area contributed by atoms with Crippen LogP contribution in [0.1, 0.15) is 23.6 Å². The molecule has 33 heavy (non-hydrogen) atoms. The molecule has 1 fully saturated rings. The van der Waals surface area contributed by atoms with Crippen molar-refractivity contribution in [3.63, 3.8) is 0 Å². The second-order valence-corrected chi connectivity index (χ2v) is 10.6. The van der Waals surface area contributed by atoms with Crippen LogP contribution in [-0.2, 0) is 17.8 Å². The number of nitrogens with one attached hydrogen (secondary N) is 2. The summed E-state index contributed by atoms with van der Waals surface area (Å²) in [6.07, 6.45) is 2.87. The fraction of sp³-hybridized carbons (Fsp3) is 0.160.